The van der Waals surface area contributed by atoms with Gasteiger partial charge in [-0.2, -0.15) is 0 Å². The highest BCUT2D eigenvalue weighted by atomic mass is 14.9. The van der Waals surface area contributed by atoms with Crippen molar-refractivity contribution in [1.29, 1.82) is 0 Å². The smallest absolute Gasteiger partial charge is 0.00961 e. The van der Waals surface area contributed by atoms with E-state index in [2.05, 4.69) is 43.4 Å². The minimum atomic E-state index is 0.711. The Labute approximate surface area is 105 Å². The van der Waals surface area contributed by atoms with Crippen molar-refractivity contribution in [3.8, 4) is 0 Å². The van der Waals surface area contributed by atoms with Gasteiger partial charge in [0, 0.05) is 6.04 Å². The topological polar surface area (TPSA) is 12.0 Å². The van der Waals surface area contributed by atoms with Gasteiger partial charge in [0.1, 0.15) is 0 Å². The predicted octanol–water partition coefficient (Wildman–Crippen LogP) is 3.35. The SMILES string of the molecule is CC(C)[C@H]1C[C@H]2c3ccccc3CC[C@@H]2CN1. The van der Waals surface area contributed by atoms with E-state index >= 15 is 0 Å². The zero-order chi connectivity index (χ0) is 11.8. The molecule has 3 rings (SSSR count). The Morgan fingerprint density at radius 1 is 1.24 bits per heavy atom. The van der Waals surface area contributed by atoms with E-state index in [1.165, 1.54) is 25.8 Å². The van der Waals surface area contributed by atoms with E-state index in [4.69, 9.17) is 0 Å². The van der Waals surface area contributed by atoms with Crippen molar-refractivity contribution in [2.45, 2.75) is 45.1 Å². The summed E-state index contributed by atoms with van der Waals surface area (Å²) in [6.45, 7) is 5.90. The van der Waals surface area contributed by atoms with Gasteiger partial charge < -0.3 is 5.32 Å². The first-order valence-corrected chi connectivity index (χ1v) is 7.07. The number of benzene rings is 1. The van der Waals surface area contributed by atoms with Crippen LogP contribution in [0.2, 0.25) is 0 Å². The molecule has 1 aliphatic heterocycles. The van der Waals surface area contributed by atoms with Gasteiger partial charge in [-0.1, -0.05) is 38.1 Å². The number of nitrogens with one attached hydrogen (secondary N) is 1. The maximum Gasteiger partial charge on any atom is 0.00961 e. The first-order chi connectivity index (χ1) is 8.25. The third kappa shape index (κ3) is 2.01. The van der Waals surface area contributed by atoms with Gasteiger partial charge in [-0.05, 0) is 54.7 Å². The van der Waals surface area contributed by atoms with Crippen LogP contribution in [-0.4, -0.2) is 12.6 Å². The lowest BCUT2D eigenvalue weighted by molar-refractivity contribution is 0.214. The Bertz CT molecular complexity index is 396. The third-order valence-corrected chi connectivity index (χ3v) is 4.76. The molecule has 1 heteroatoms. The maximum atomic E-state index is 3.75. The van der Waals surface area contributed by atoms with E-state index in [0.29, 0.717) is 6.04 Å². The maximum absolute atomic E-state index is 3.75. The number of aryl methyl sites for hydroxylation is 1. The summed E-state index contributed by atoms with van der Waals surface area (Å²) < 4.78 is 0. The molecule has 0 unspecified atom stereocenters. The lowest BCUT2D eigenvalue weighted by Gasteiger charge is -2.42. The number of piperidine rings is 1. The molecule has 1 aromatic rings. The van der Waals surface area contributed by atoms with E-state index in [9.17, 15) is 0 Å². The van der Waals surface area contributed by atoms with Gasteiger partial charge in [0.2, 0.25) is 0 Å². The summed E-state index contributed by atoms with van der Waals surface area (Å²) in [4.78, 5) is 0. The van der Waals surface area contributed by atoms with Crippen LogP contribution in [-0.2, 0) is 6.42 Å². The molecule has 1 saturated heterocycles. The molecule has 1 fully saturated rings. The van der Waals surface area contributed by atoms with Crippen molar-refractivity contribution in [3.63, 3.8) is 0 Å². The van der Waals surface area contributed by atoms with Crippen LogP contribution in [0.3, 0.4) is 0 Å². The molecule has 3 atom stereocenters. The largest absolute Gasteiger partial charge is 0.313 e. The summed E-state index contributed by atoms with van der Waals surface area (Å²) in [6.07, 6.45) is 3.99. The van der Waals surface area contributed by atoms with Crippen molar-refractivity contribution in [2.75, 3.05) is 6.54 Å². The van der Waals surface area contributed by atoms with E-state index < -0.39 is 0 Å². The van der Waals surface area contributed by atoms with E-state index in [-0.39, 0.29) is 0 Å². The second kappa shape index (κ2) is 4.45. The highest BCUT2D eigenvalue weighted by Gasteiger charge is 2.35. The van der Waals surface area contributed by atoms with Gasteiger partial charge in [-0.25, -0.2) is 0 Å². The minimum absolute atomic E-state index is 0.711. The summed E-state index contributed by atoms with van der Waals surface area (Å²) in [5.41, 5.74) is 3.26. The predicted molar refractivity (Wildman–Crippen MR) is 72.2 cm³/mol. The van der Waals surface area contributed by atoms with Crippen LogP contribution >= 0.6 is 0 Å². The Morgan fingerprint density at radius 2 is 2.06 bits per heavy atom. The molecule has 0 aromatic heterocycles. The first kappa shape index (κ1) is 11.3. The minimum Gasteiger partial charge on any atom is -0.313 e. The lowest BCUT2D eigenvalue weighted by Crippen LogP contribution is -2.46. The van der Waals surface area contributed by atoms with Crippen molar-refractivity contribution in [2.24, 2.45) is 11.8 Å². The fourth-order valence-electron chi connectivity index (χ4n) is 3.65. The Hall–Kier alpha value is -0.820. The second-order valence-electron chi connectivity index (χ2n) is 6.10. The highest BCUT2D eigenvalue weighted by Crippen LogP contribution is 2.41. The van der Waals surface area contributed by atoms with Crippen LogP contribution < -0.4 is 5.32 Å². The molecule has 0 spiro atoms. The number of fused-ring (bicyclic) bond motifs is 3. The van der Waals surface area contributed by atoms with Crippen LogP contribution in [0.15, 0.2) is 24.3 Å². The van der Waals surface area contributed by atoms with Gasteiger partial charge in [-0.3, -0.25) is 0 Å². The monoisotopic (exact) mass is 229 g/mol. The van der Waals surface area contributed by atoms with Gasteiger partial charge in [0.05, 0.1) is 0 Å². The summed E-state index contributed by atoms with van der Waals surface area (Å²) in [6, 6.07) is 9.82. The summed E-state index contributed by atoms with van der Waals surface area (Å²) in [5.74, 6) is 2.44. The molecule has 17 heavy (non-hydrogen) atoms. The number of hydrogen-bond acceptors (Lipinski definition) is 1. The standard InChI is InChI=1S/C16H23N/c1-11(2)16-9-15-13(10-17-16)8-7-12-5-3-4-6-14(12)15/h3-6,11,13,15-17H,7-10H2,1-2H3/t13-,15-,16-/m1/s1. The molecule has 92 valence electrons. The normalized spacial score (nSPS) is 32.1. The fourth-order valence-corrected chi connectivity index (χ4v) is 3.65. The number of hydrogen-bond donors (Lipinski definition) is 1. The molecular formula is C16H23N. The molecule has 0 amide bonds. The quantitative estimate of drug-likeness (QED) is 0.778. The Balaban J connectivity index is 1.88. The van der Waals surface area contributed by atoms with Crippen LogP contribution in [0.4, 0.5) is 0 Å². The van der Waals surface area contributed by atoms with Gasteiger partial charge in [0.15, 0.2) is 0 Å². The lowest BCUT2D eigenvalue weighted by atomic mass is 9.69. The van der Waals surface area contributed by atoms with Gasteiger partial charge >= 0.3 is 0 Å². The van der Waals surface area contributed by atoms with E-state index in [1.807, 2.05) is 0 Å². The molecule has 1 nitrogen and oxygen atoms in total. The summed E-state index contributed by atoms with van der Waals surface area (Å²) in [7, 11) is 0. The van der Waals surface area contributed by atoms with Crippen molar-refractivity contribution in [3.05, 3.63) is 35.4 Å². The van der Waals surface area contributed by atoms with Crippen molar-refractivity contribution in [1.82, 2.24) is 5.32 Å². The zero-order valence-corrected chi connectivity index (χ0v) is 10.9. The van der Waals surface area contributed by atoms with Gasteiger partial charge in [-0.15, -0.1) is 0 Å². The molecule has 1 aliphatic carbocycles. The number of rotatable bonds is 1. The van der Waals surface area contributed by atoms with Crippen molar-refractivity contribution >= 4 is 0 Å². The average Bonchev–Trinajstić information content (AvgIpc) is 2.38. The Morgan fingerprint density at radius 3 is 2.88 bits per heavy atom. The van der Waals surface area contributed by atoms with E-state index in [0.717, 1.165) is 17.8 Å². The molecule has 1 heterocycles. The average molecular weight is 229 g/mol. The van der Waals surface area contributed by atoms with Crippen LogP contribution in [0.5, 0.6) is 0 Å². The summed E-state index contributed by atoms with van der Waals surface area (Å²) in [5, 5.41) is 3.75. The molecule has 0 saturated carbocycles. The molecule has 1 N–H and O–H groups in total. The molecule has 0 bridgehead atoms. The van der Waals surface area contributed by atoms with Crippen LogP contribution in [0, 0.1) is 11.8 Å². The van der Waals surface area contributed by atoms with E-state index in [1.54, 1.807) is 11.1 Å². The third-order valence-electron chi connectivity index (χ3n) is 4.76. The zero-order valence-electron chi connectivity index (χ0n) is 10.9. The van der Waals surface area contributed by atoms with Gasteiger partial charge in [0.25, 0.3) is 0 Å². The second-order valence-corrected chi connectivity index (χ2v) is 6.10. The molecule has 2 aliphatic rings. The summed E-state index contributed by atoms with van der Waals surface area (Å²) >= 11 is 0. The highest BCUT2D eigenvalue weighted by molar-refractivity contribution is 5.34. The Kier molecular flexibility index (Phi) is 2.96. The van der Waals surface area contributed by atoms with Crippen LogP contribution in [0.1, 0.15) is 43.7 Å². The fraction of sp³-hybridized carbons (Fsp3) is 0.625. The molecule has 1 aromatic carbocycles. The molecular weight excluding hydrogens is 206 g/mol. The first-order valence-electron chi connectivity index (χ1n) is 7.07. The van der Waals surface area contributed by atoms with Crippen molar-refractivity contribution < 1.29 is 0 Å². The molecule has 0 radical (unpaired) electrons. The van der Waals surface area contributed by atoms with Crippen LogP contribution in [0.25, 0.3) is 0 Å².